The Morgan fingerprint density at radius 1 is 1.16 bits per heavy atom. The predicted molar refractivity (Wildman–Crippen MR) is 95.1 cm³/mol. The molecule has 0 unspecified atom stereocenters. The van der Waals surface area contributed by atoms with Crippen molar-refractivity contribution in [1.29, 1.82) is 0 Å². The second kappa shape index (κ2) is 7.36. The van der Waals surface area contributed by atoms with Crippen molar-refractivity contribution < 1.29 is 24.1 Å². The van der Waals surface area contributed by atoms with E-state index in [0.717, 1.165) is 24.8 Å². The molecule has 1 aromatic rings. The standard InChI is InChI=1S/C20H28O5/c1-4-5-8-19(15-6-7-16(22-2)17(13-15)23-3)9-10-20(14-18(19)21)24-11-12-25-20/h4-7,13,18,21H,8-12,14H2,1-3H3/b5-4-/t18-,19-/m1/s1. The molecule has 1 spiro atoms. The van der Waals surface area contributed by atoms with Crippen LogP contribution >= 0.6 is 0 Å². The number of hydrogen-bond acceptors (Lipinski definition) is 5. The fraction of sp³-hybridized carbons (Fsp3) is 0.600. The smallest absolute Gasteiger partial charge is 0.171 e. The van der Waals surface area contributed by atoms with Gasteiger partial charge in [-0.25, -0.2) is 0 Å². The van der Waals surface area contributed by atoms with Crippen LogP contribution in [0.2, 0.25) is 0 Å². The molecule has 0 bridgehead atoms. The van der Waals surface area contributed by atoms with Gasteiger partial charge in [0.2, 0.25) is 0 Å². The van der Waals surface area contributed by atoms with Crippen LogP contribution in [0.1, 0.15) is 38.2 Å². The molecule has 1 aromatic carbocycles. The first-order chi connectivity index (χ1) is 12.1. The van der Waals surface area contributed by atoms with Crippen LogP contribution < -0.4 is 9.47 Å². The Morgan fingerprint density at radius 2 is 1.88 bits per heavy atom. The Morgan fingerprint density at radius 3 is 2.48 bits per heavy atom. The number of allylic oxidation sites excluding steroid dienone is 2. The molecule has 5 heteroatoms. The molecule has 0 radical (unpaired) electrons. The second-order valence-electron chi connectivity index (χ2n) is 6.83. The topological polar surface area (TPSA) is 57.2 Å². The first kappa shape index (κ1) is 18.2. The van der Waals surface area contributed by atoms with Crippen molar-refractivity contribution in [2.75, 3.05) is 27.4 Å². The van der Waals surface area contributed by atoms with Crippen molar-refractivity contribution in [3.05, 3.63) is 35.9 Å². The molecule has 2 atom stereocenters. The van der Waals surface area contributed by atoms with E-state index in [4.69, 9.17) is 18.9 Å². The molecule has 2 fully saturated rings. The van der Waals surface area contributed by atoms with Crippen LogP contribution in [0.5, 0.6) is 11.5 Å². The third-order valence-corrected chi connectivity index (χ3v) is 5.58. The number of rotatable bonds is 5. The van der Waals surface area contributed by atoms with Crippen molar-refractivity contribution in [1.82, 2.24) is 0 Å². The van der Waals surface area contributed by atoms with Crippen molar-refractivity contribution in [2.45, 2.75) is 49.9 Å². The molecule has 1 heterocycles. The molecule has 3 rings (SSSR count). The molecule has 0 aromatic heterocycles. The Hall–Kier alpha value is -1.56. The molecule has 25 heavy (non-hydrogen) atoms. The van der Waals surface area contributed by atoms with Gasteiger partial charge in [0, 0.05) is 18.3 Å². The summed E-state index contributed by atoms with van der Waals surface area (Å²) < 4.78 is 22.5. The van der Waals surface area contributed by atoms with Gasteiger partial charge in [-0.05, 0) is 37.5 Å². The maximum Gasteiger partial charge on any atom is 0.171 e. The van der Waals surface area contributed by atoms with E-state index < -0.39 is 11.9 Å². The SMILES string of the molecule is C/C=C\C[C@]1(c2ccc(OC)c(OC)c2)CCC2(C[C@H]1O)OCCO2. The lowest BCUT2D eigenvalue weighted by atomic mass is 9.64. The fourth-order valence-electron chi connectivity index (χ4n) is 4.10. The molecule has 1 aliphatic heterocycles. The lowest BCUT2D eigenvalue weighted by Crippen LogP contribution is -2.51. The van der Waals surface area contributed by atoms with Crippen molar-refractivity contribution >= 4 is 0 Å². The zero-order valence-electron chi connectivity index (χ0n) is 15.3. The van der Waals surface area contributed by atoms with Crippen molar-refractivity contribution in [3.8, 4) is 11.5 Å². The van der Waals surface area contributed by atoms with E-state index in [-0.39, 0.29) is 5.41 Å². The molecular formula is C20H28O5. The zero-order chi connectivity index (χ0) is 17.9. The summed E-state index contributed by atoms with van der Waals surface area (Å²) in [7, 11) is 3.26. The maximum absolute atomic E-state index is 11.1. The fourth-order valence-corrected chi connectivity index (χ4v) is 4.10. The van der Waals surface area contributed by atoms with Gasteiger partial charge in [0.25, 0.3) is 0 Å². The van der Waals surface area contributed by atoms with Crippen molar-refractivity contribution in [3.63, 3.8) is 0 Å². The van der Waals surface area contributed by atoms with Crippen LogP contribution in [0, 0.1) is 0 Å². The third kappa shape index (κ3) is 3.28. The Bertz CT molecular complexity index is 621. The number of benzene rings is 1. The molecule has 2 aliphatic rings. The molecule has 1 aliphatic carbocycles. The van der Waals surface area contributed by atoms with Crippen LogP contribution in [0.4, 0.5) is 0 Å². The van der Waals surface area contributed by atoms with Gasteiger partial charge in [0.15, 0.2) is 17.3 Å². The molecule has 5 nitrogen and oxygen atoms in total. The molecule has 138 valence electrons. The van der Waals surface area contributed by atoms with E-state index in [1.807, 2.05) is 31.2 Å². The quantitative estimate of drug-likeness (QED) is 0.828. The highest BCUT2D eigenvalue weighted by Crippen LogP contribution is 2.49. The molecular weight excluding hydrogens is 320 g/mol. The van der Waals surface area contributed by atoms with Crippen LogP contribution in [-0.4, -0.2) is 44.4 Å². The Kier molecular flexibility index (Phi) is 5.37. The van der Waals surface area contributed by atoms with E-state index in [2.05, 4.69) is 6.08 Å². The summed E-state index contributed by atoms with van der Waals surface area (Å²) >= 11 is 0. The lowest BCUT2D eigenvalue weighted by molar-refractivity contribution is -0.209. The van der Waals surface area contributed by atoms with Gasteiger partial charge in [0.1, 0.15) is 0 Å². The average Bonchev–Trinajstić information content (AvgIpc) is 3.09. The normalized spacial score (nSPS) is 28.6. The van der Waals surface area contributed by atoms with Crippen LogP contribution in [0.25, 0.3) is 0 Å². The average molecular weight is 348 g/mol. The number of aliphatic hydroxyl groups is 1. The molecule has 1 saturated carbocycles. The largest absolute Gasteiger partial charge is 0.493 e. The van der Waals surface area contributed by atoms with E-state index in [1.165, 1.54) is 0 Å². The summed E-state index contributed by atoms with van der Waals surface area (Å²) in [5.41, 5.74) is 0.677. The first-order valence-electron chi connectivity index (χ1n) is 8.89. The van der Waals surface area contributed by atoms with Gasteiger partial charge in [-0.3, -0.25) is 0 Å². The zero-order valence-corrected chi connectivity index (χ0v) is 15.3. The number of aliphatic hydroxyl groups excluding tert-OH is 1. The van der Waals surface area contributed by atoms with E-state index in [1.54, 1.807) is 14.2 Å². The van der Waals surface area contributed by atoms with Gasteiger partial charge in [-0.15, -0.1) is 0 Å². The highest BCUT2D eigenvalue weighted by atomic mass is 16.7. The Labute approximate surface area is 149 Å². The number of hydrogen-bond donors (Lipinski definition) is 1. The van der Waals surface area contributed by atoms with E-state index in [9.17, 15) is 5.11 Å². The minimum absolute atomic E-state index is 0.382. The van der Waals surface area contributed by atoms with Gasteiger partial charge >= 0.3 is 0 Å². The second-order valence-corrected chi connectivity index (χ2v) is 6.83. The number of methoxy groups -OCH3 is 2. The first-order valence-corrected chi connectivity index (χ1v) is 8.89. The minimum Gasteiger partial charge on any atom is -0.493 e. The van der Waals surface area contributed by atoms with Crippen LogP contribution in [0.3, 0.4) is 0 Å². The molecule has 0 amide bonds. The van der Waals surface area contributed by atoms with Gasteiger partial charge in [-0.2, -0.15) is 0 Å². The van der Waals surface area contributed by atoms with Crippen molar-refractivity contribution in [2.24, 2.45) is 0 Å². The third-order valence-electron chi connectivity index (χ3n) is 5.58. The summed E-state index contributed by atoms with van der Waals surface area (Å²) in [6.07, 6.45) is 6.39. The summed E-state index contributed by atoms with van der Waals surface area (Å²) in [5, 5.41) is 11.1. The lowest BCUT2D eigenvalue weighted by Gasteiger charge is -2.47. The van der Waals surface area contributed by atoms with E-state index >= 15 is 0 Å². The highest BCUT2D eigenvalue weighted by molar-refractivity contribution is 5.46. The van der Waals surface area contributed by atoms with Crippen LogP contribution in [0.15, 0.2) is 30.4 Å². The highest BCUT2D eigenvalue weighted by Gasteiger charge is 2.52. The van der Waals surface area contributed by atoms with Gasteiger partial charge in [0.05, 0.1) is 33.5 Å². The summed E-state index contributed by atoms with van der Waals surface area (Å²) in [6.45, 7) is 3.21. The minimum atomic E-state index is -0.616. The van der Waals surface area contributed by atoms with Gasteiger partial charge in [-0.1, -0.05) is 18.2 Å². The Balaban J connectivity index is 1.97. The molecule has 1 N–H and O–H groups in total. The summed E-state index contributed by atoms with van der Waals surface area (Å²) in [4.78, 5) is 0. The number of ether oxygens (including phenoxy) is 4. The monoisotopic (exact) mass is 348 g/mol. The molecule has 1 saturated heterocycles. The van der Waals surface area contributed by atoms with Gasteiger partial charge < -0.3 is 24.1 Å². The maximum atomic E-state index is 11.1. The van der Waals surface area contributed by atoms with Crippen LogP contribution in [-0.2, 0) is 14.9 Å². The predicted octanol–water partition coefficient (Wildman–Crippen LogP) is 3.20. The summed E-state index contributed by atoms with van der Waals surface area (Å²) in [6, 6.07) is 5.92. The summed E-state index contributed by atoms with van der Waals surface area (Å²) in [5.74, 6) is 0.757. The van der Waals surface area contributed by atoms with E-state index in [0.29, 0.717) is 31.1 Å².